The maximum absolute atomic E-state index is 2.37. The number of hydrogen-bond acceptors (Lipinski definition) is 0. The van der Waals surface area contributed by atoms with E-state index in [0.717, 1.165) is 9.52 Å². The van der Waals surface area contributed by atoms with Crippen molar-refractivity contribution in [3.05, 3.63) is 130 Å². The molecule has 0 saturated carbocycles. The van der Waals surface area contributed by atoms with Crippen LogP contribution in [0, 0.1) is 27.7 Å². The van der Waals surface area contributed by atoms with Crippen molar-refractivity contribution in [2.45, 2.75) is 93.2 Å². The molecule has 0 aliphatic rings. The minimum Gasteiger partial charge on any atom is -0.164 e. The SMILES string of the molecule is C[Si]C.Cc1cccc(-c2cccc3[cH-]c(C(C)(C)C)cc23)c1C.Cc1cccc(-c2cccc3[cH-]c(C(C)(C)C)cc23)c1C.[Zr+2]. The van der Waals surface area contributed by atoms with Gasteiger partial charge in [0.1, 0.15) is 0 Å². The maximum atomic E-state index is 2.37. The predicted molar refractivity (Wildman–Crippen MR) is 204 cm³/mol. The normalized spacial score (nSPS) is 11.4. The molecule has 2 heteroatoms. The molecule has 2 radical (unpaired) electrons. The second kappa shape index (κ2) is 15.4. The summed E-state index contributed by atoms with van der Waals surface area (Å²) in [7, 11) is 1.08. The van der Waals surface area contributed by atoms with Crippen LogP contribution in [0.15, 0.2) is 97.1 Å². The first-order valence-electron chi connectivity index (χ1n) is 16.3. The summed E-state index contributed by atoms with van der Waals surface area (Å²) in [5, 5.41) is 5.43. The van der Waals surface area contributed by atoms with Gasteiger partial charge in [-0.05, 0) is 71.9 Å². The monoisotopic (exact) mass is 698 g/mol. The van der Waals surface area contributed by atoms with Crippen molar-refractivity contribution in [3.63, 3.8) is 0 Å². The molecule has 0 nitrogen and oxygen atoms in total. The van der Waals surface area contributed by atoms with Crippen LogP contribution in [-0.2, 0) is 37.0 Å². The van der Waals surface area contributed by atoms with Crippen LogP contribution in [0.25, 0.3) is 43.8 Å². The molecule has 6 rings (SSSR count). The first kappa shape index (κ1) is 37.7. The van der Waals surface area contributed by atoms with Crippen LogP contribution < -0.4 is 0 Å². The second-order valence-electron chi connectivity index (χ2n) is 14.6. The third-order valence-corrected chi connectivity index (χ3v) is 9.02. The molecule has 0 N–H and O–H groups in total. The molecule has 0 heterocycles. The third-order valence-electron chi connectivity index (χ3n) is 9.02. The maximum Gasteiger partial charge on any atom is 2.00 e. The van der Waals surface area contributed by atoms with Crippen LogP contribution in [-0.4, -0.2) is 9.52 Å². The molecule has 0 unspecified atom stereocenters. The van der Waals surface area contributed by atoms with Crippen molar-refractivity contribution in [2.75, 3.05) is 0 Å². The quantitative estimate of drug-likeness (QED) is 0.125. The van der Waals surface area contributed by atoms with E-state index in [1.165, 1.54) is 77.2 Å². The molecule has 0 aliphatic heterocycles. The van der Waals surface area contributed by atoms with Gasteiger partial charge in [0.05, 0.1) is 0 Å². The minimum absolute atomic E-state index is 0. The Morgan fingerprint density at radius 1 is 0.478 bits per heavy atom. The van der Waals surface area contributed by atoms with E-state index in [0.29, 0.717) is 0 Å². The molecule has 0 saturated heterocycles. The Morgan fingerprint density at radius 3 is 1.11 bits per heavy atom. The standard InChI is InChI=1S/2C21H23.C2H6Si.Zr/c2*1-14-8-6-10-18(15(14)2)19-11-7-9-16-12-17(13-20(16)19)21(3,4)5;1-3-2;/h2*6-13H,1-5H3;1-2H3;/q2*-1;;+2. The van der Waals surface area contributed by atoms with Crippen LogP contribution in [0.3, 0.4) is 0 Å². The van der Waals surface area contributed by atoms with Gasteiger partial charge in [-0.2, -0.15) is 12.1 Å². The molecule has 236 valence electrons. The van der Waals surface area contributed by atoms with Crippen LogP contribution in [0.5, 0.6) is 0 Å². The zero-order valence-corrected chi connectivity index (χ0v) is 33.7. The van der Waals surface area contributed by atoms with E-state index in [4.69, 9.17) is 0 Å². The largest absolute Gasteiger partial charge is 2.00 e. The van der Waals surface area contributed by atoms with Gasteiger partial charge in [-0.1, -0.05) is 114 Å². The third kappa shape index (κ3) is 8.37. The molecule has 0 atom stereocenters. The Morgan fingerprint density at radius 2 is 0.783 bits per heavy atom. The molecule has 46 heavy (non-hydrogen) atoms. The summed E-state index contributed by atoms with van der Waals surface area (Å²) in [6, 6.07) is 35.8. The average Bonchev–Trinajstić information content (AvgIpc) is 3.62. The first-order valence-corrected chi connectivity index (χ1v) is 18.3. The van der Waals surface area contributed by atoms with Crippen LogP contribution in [0.2, 0.25) is 13.1 Å². The van der Waals surface area contributed by atoms with Gasteiger partial charge in [0.15, 0.2) is 0 Å². The summed E-state index contributed by atoms with van der Waals surface area (Å²) in [4.78, 5) is 0. The van der Waals surface area contributed by atoms with Gasteiger partial charge in [-0.3, -0.25) is 0 Å². The van der Waals surface area contributed by atoms with Crippen molar-refractivity contribution in [2.24, 2.45) is 0 Å². The van der Waals surface area contributed by atoms with Crippen molar-refractivity contribution in [1.29, 1.82) is 0 Å². The van der Waals surface area contributed by atoms with E-state index in [1.54, 1.807) is 0 Å². The summed E-state index contributed by atoms with van der Waals surface area (Å²) in [6.07, 6.45) is 0. The van der Waals surface area contributed by atoms with E-state index >= 15 is 0 Å². The van der Waals surface area contributed by atoms with E-state index in [2.05, 4.69) is 179 Å². The zero-order valence-electron chi connectivity index (χ0n) is 30.2. The van der Waals surface area contributed by atoms with Gasteiger partial charge in [-0.25, -0.2) is 0 Å². The van der Waals surface area contributed by atoms with Gasteiger partial charge < -0.3 is 0 Å². The van der Waals surface area contributed by atoms with Crippen LogP contribution in [0.4, 0.5) is 0 Å². The fraction of sp³-hybridized carbons (Fsp3) is 0.318. The Hall–Kier alpha value is -2.80. The molecule has 0 amide bonds. The van der Waals surface area contributed by atoms with E-state index < -0.39 is 0 Å². The molecular formula is C44H52SiZr. The van der Waals surface area contributed by atoms with Gasteiger partial charge >= 0.3 is 26.2 Å². The van der Waals surface area contributed by atoms with Gasteiger partial charge in [0, 0.05) is 9.52 Å². The zero-order chi connectivity index (χ0) is 33.1. The summed E-state index contributed by atoms with van der Waals surface area (Å²) in [6.45, 7) is 26.8. The fourth-order valence-electron chi connectivity index (χ4n) is 5.89. The molecule has 0 aliphatic carbocycles. The van der Waals surface area contributed by atoms with Gasteiger partial charge in [0.2, 0.25) is 0 Å². The topological polar surface area (TPSA) is 0 Å². The van der Waals surface area contributed by atoms with Gasteiger partial charge in [-0.15, -0.1) is 69.1 Å². The number of aryl methyl sites for hydroxylation is 2. The van der Waals surface area contributed by atoms with Crippen LogP contribution in [0.1, 0.15) is 74.9 Å². The molecule has 0 fully saturated rings. The Balaban J connectivity index is 0.000000226. The summed E-state index contributed by atoms with van der Waals surface area (Å²) in [5.41, 5.74) is 14.1. The predicted octanol–water partition coefficient (Wildman–Crippen LogP) is 13.1. The van der Waals surface area contributed by atoms with Crippen molar-refractivity contribution in [1.82, 2.24) is 0 Å². The summed E-state index contributed by atoms with van der Waals surface area (Å²) in [5.74, 6) is 0. The fourth-order valence-corrected chi connectivity index (χ4v) is 5.89. The second-order valence-corrected chi connectivity index (χ2v) is 15.6. The average molecular weight is 700 g/mol. The van der Waals surface area contributed by atoms with Crippen molar-refractivity contribution < 1.29 is 26.2 Å². The summed E-state index contributed by atoms with van der Waals surface area (Å²) >= 11 is 0. The number of benzene rings is 4. The molecule has 6 aromatic rings. The van der Waals surface area contributed by atoms with Gasteiger partial charge in [0.25, 0.3) is 0 Å². The molecular weight excluding hydrogens is 648 g/mol. The van der Waals surface area contributed by atoms with E-state index in [-0.39, 0.29) is 37.0 Å². The van der Waals surface area contributed by atoms with Crippen molar-refractivity contribution >= 4 is 31.1 Å². The molecule has 6 aromatic carbocycles. The first-order chi connectivity index (χ1) is 21.2. The number of rotatable bonds is 2. The smallest absolute Gasteiger partial charge is 0.164 e. The van der Waals surface area contributed by atoms with E-state index in [1.807, 2.05) is 0 Å². The minimum atomic E-state index is 0. The molecule has 0 aromatic heterocycles. The summed E-state index contributed by atoms with van der Waals surface area (Å²) < 4.78 is 0. The van der Waals surface area contributed by atoms with Crippen LogP contribution >= 0.6 is 0 Å². The number of fused-ring (bicyclic) bond motifs is 2. The Labute approximate surface area is 301 Å². The van der Waals surface area contributed by atoms with Crippen molar-refractivity contribution in [3.8, 4) is 22.3 Å². The Kier molecular flexibility index (Phi) is 12.6. The molecule has 0 bridgehead atoms. The number of hydrogen-bond donors (Lipinski definition) is 0. The van der Waals surface area contributed by atoms with E-state index in [9.17, 15) is 0 Å². The molecule has 0 spiro atoms. The Bertz CT molecular complexity index is 1760.